The van der Waals surface area contributed by atoms with Crippen molar-refractivity contribution in [2.75, 3.05) is 13.7 Å². The maximum Gasteiger partial charge on any atom is 0.255 e. The average Bonchev–Trinajstić information content (AvgIpc) is 3.20. The predicted molar refractivity (Wildman–Crippen MR) is 102 cm³/mol. The van der Waals surface area contributed by atoms with Crippen LogP contribution >= 0.6 is 0 Å². The van der Waals surface area contributed by atoms with E-state index in [0.29, 0.717) is 17.9 Å². The first-order chi connectivity index (χ1) is 13.2. The first kappa shape index (κ1) is 17.3. The second-order valence-electron chi connectivity index (χ2n) is 6.98. The first-order valence-electron chi connectivity index (χ1n) is 9.11. The summed E-state index contributed by atoms with van der Waals surface area (Å²) < 4.78 is 10.8. The number of hydrogen-bond acceptors (Lipinski definition) is 4. The van der Waals surface area contributed by atoms with Crippen LogP contribution in [0.1, 0.15) is 33.7 Å². The van der Waals surface area contributed by atoms with E-state index in [4.69, 9.17) is 9.26 Å². The molecular formula is C22H22N2O3. The molecule has 5 heteroatoms. The molecule has 27 heavy (non-hydrogen) atoms. The van der Waals surface area contributed by atoms with Gasteiger partial charge in [-0.25, -0.2) is 0 Å². The first-order valence-corrected chi connectivity index (χ1v) is 9.11. The highest BCUT2D eigenvalue weighted by atomic mass is 16.5. The molecule has 0 radical (unpaired) electrons. The van der Waals surface area contributed by atoms with E-state index >= 15 is 0 Å². The molecule has 1 amide bonds. The third-order valence-corrected chi connectivity index (χ3v) is 5.43. The molecule has 4 rings (SSSR count). The van der Waals surface area contributed by atoms with E-state index in [1.807, 2.05) is 30.3 Å². The van der Waals surface area contributed by atoms with Gasteiger partial charge >= 0.3 is 0 Å². The number of para-hydroxylation sites is 1. The topological polar surface area (TPSA) is 64.4 Å². The van der Waals surface area contributed by atoms with Crippen LogP contribution in [0.25, 0.3) is 0 Å². The fourth-order valence-corrected chi connectivity index (χ4v) is 3.87. The Morgan fingerprint density at radius 2 is 1.96 bits per heavy atom. The van der Waals surface area contributed by atoms with Crippen molar-refractivity contribution < 1.29 is 14.1 Å². The number of aromatic nitrogens is 1. The van der Waals surface area contributed by atoms with Gasteiger partial charge in [-0.15, -0.1) is 0 Å². The van der Waals surface area contributed by atoms with Gasteiger partial charge in [0.2, 0.25) is 0 Å². The second kappa shape index (κ2) is 7.27. The molecule has 1 aliphatic carbocycles. The van der Waals surface area contributed by atoms with Crippen LogP contribution in [-0.2, 0) is 18.3 Å². The lowest BCUT2D eigenvalue weighted by molar-refractivity contribution is 0.0936. The Bertz CT molecular complexity index is 935. The van der Waals surface area contributed by atoms with Gasteiger partial charge < -0.3 is 14.6 Å². The van der Waals surface area contributed by atoms with Gasteiger partial charge in [-0.3, -0.25) is 4.79 Å². The summed E-state index contributed by atoms with van der Waals surface area (Å²) in [5, 5.41) is 7.07. The monoisotopic (exact) mass is 362 g/mol. The molecule has 0 saturated carbocycles. The van der Waals surface area contributed by atoms with Crippen LogP contribution in [0.2, 0.25) is 0 Å². The maximum absolute atomic E-state index is 12.8. The molecule has 3 aromatic rings. The number of nitrogens with zero attached hydrogens (tertiary/aromatic N) is 1. The molecule has 138 valence electrons. The van der Waals surface area contributed by atoms with Crippen molar-refractivity contribution in [3.05, 3.63) is 83.2 Å². The highest BCUT2D eigenvalue weighted by Crippen LogP contribution is 2.38. The smallest absolute Gasteiger partial charge is 0.255 e. The van der Waals surface area contributed by atoms with Crippen molar-refractivity contribution >= 4 is 5.91 Å². The van der Waals surface area contributed by atoms with Crippen LogP contribution in [0.15, 0.2) is 65.3 Å². The molecule has 1 atom stereocenters. The zero-order valence-corrected chi connectivity index (χ0v) is 15.3. The van der Waals surface area contributed by atoms with Gasteiger partial charge in [-0.05, 0) is 30.5 Å². The SMILES string of the molecule is COc1ccccc1C(=O)NCC1(c2ccccc2)CCc2cnoc2C1. The Balaban J connectivity index is 1.60. The maximum atomic E-state index is 12.8. The Labute approximate surface area is 158 Å². The quantitative estimate of drug-likeness (QED) is 0.754. The molecule has 1 N–H and O–H groups in total. The van der Waals surface area contributed by atoms with Gasteiger partial charge in [0.1, 0.15) is 11.5 Å². The van der Waals surface area contributed by atoms with Crippen LogP contribution in [0.4, 0.5) is 0 Å². The van der Waals surface area contributed by atoms with E-state index in [1.165, 1.54) is 5.56 Å². The number of amides is 1. The van der Waals surface area contributed by atoms with Crippen molar-refractivity contribution in [1.82, 2.24) is 10.5 Å². The average molecular weight is 362 g/mol. The number of ether oxygens (including phenoxy) is 1. The lowest BCUT2D eigenvalue weighted by Gasteiger charge is -2.37. The number of methoxy groups -OCH3 is 1. The normalized spacial score (nSPS) is 18.6. The van der Waals surface area contributed by atoms with Crippen LogP contribution < -0.4 is 10.1 Å². The van der Waals surface area contributed by atoms with Crippen LogP contribution in [0.3, 0.4) is 0 Å². The highest BCUT2D eigenvalue weighted by Gasteiger charge is 2.38. The summed E-state index contributed by atoms with van der Waals surface area (Å²) in [5.74, 6) is 1.35. The summed E-state index contributed by atoms with van der Waals surface area (Å²) in [6, 6.07) is 17.6. The van der Waals surface area contributed by atoms with Crippen molar-refractivity contribution in [2.45, 2.75) is 24.7 Å². The van der Waals surface area contributed by atoms with E-state index in [-0.39, 0.29) is 11.3 Å². The van der Waals surface area contributed by atoms with E-state index in [1.54, 1.807) is 25.4 Å². The fraction of sp³-hybridized carbons (Fsp3) is 0.273. The third kappa shape index (κ3) is 3.33. The fourth-order valence-electron chi connectivity index (χ4n) is 3.87. The van der Waals surface area contributed by atoms with Gasteiger partial charge in [0, 0.05) is 23.9 Å². The number of fused-ring (bicyclic) bond motifs is 1. The van der Waals surface area contributed by atoms with Crippen molar-refractivity contribution in [2.24, 2.45) is 0 Å². The van der Waals surface area contributed by atoms with Gasteiger partial charge in [0.25, 0.3) is 5.91 Å². The summed E-state index contributed by atoms with van der Waals surface area (Å²) in [6.45, 7) is 0.522. The summed E-state index contributed by atoms with van der Waals surface area (Å²) >= 11 is 0. The molecule has 5 nitrogen and oxygen atoms in total. The number of nitrogens with one attached hydrogen (secondary N) is 1. The summed E-state index contributed by atoms with van der Waals surface area (Å²) in [4.78, 5) is 12.8. The Hall–Kier alpha value is -3.08. The van der Waals surface area contributed by atoms with Crippen LogP contribution in [0.5, 0.6) is 5.75 Å². The standard InChI is InChI=1S/C22H22N2O3/c1-26-19-10-6-5-9-18(19)21(25)23-15-22(17-7-3-2-4-8-17)12-11-16-14-24-27-20(16)13-22/h2-10,14H,11-13,15H2,1H3,(H,23,25). The molecule has 0 fully saturated rings. The number of rotatable bonds is 5. The predicted octanol–water partition coefficient (Wildman–Crippen LogP) is 3.54. The lowest BCUT2D eigenvalue weighted by atomic mass is 9.69. The minimum atomic E-state index is -0.217. The molecule has 0 saturated heterocycles. The molecule has 0 aliphatic heterocycles. The van der Waals surface area contributed by atoms with Gasteiger partial charge in [-0.1, -0.05) is 47.6 Å². The third-order valence-electron chi connectivity index (χ3n) is 5.43. The molecule has 1 unspecified atom stereocenters. The van der Waals surface area contributed by atoms with Crippen molar-refractivity contribution in [1.29, 1.82) is 0 Å². The summed E-state index contributed by atoms with van der Waals surface area (Å²) in [7, 11) is 1.57. The van der Waals surface area contributed by atoms with Gasteiger partial charge in [-0.2, -0.15) is 0 Å². The van der Waals surface area contributed by atoms with Gasteiger partial charge in [0.05, 0.1) is 18.9 Å². The summed E-state index contributed by atoms with van der Waals surface area (Å²) in [5.41, 5.74) is 2.69. The van der Waals surface area contributed by atoms with Crippen molar-refractivity contribution in [3.63, 3.8) is 0 Å². The van der Waals surface area contributed by atoms with Crippen LogP contribution in [0, 0.1) is 0 Å². The van der Waals surface area contributed by atoms with E-state index in [0.717, 1.165) is 30.6 Å². The molecule has 1 aromatic heterocycles. The lowest BCUT2D eigenvalue weighted by Crippen LogP contribution is -2.44. The Morgan fingerprint density at radius 3 is 2.78 bits per heavy atom. The van der Waals surface area contributed by atoms with Gasteiger partial charge in [0.15, 0.2) is 0 Å². The molecule has 0 bridgehead atoms. The Kier molecular flexibility index (Phi) is 4.67. The zero-order chi connectivity index (χ0) is 18.7. The number of aryl methyl sites for hydroxylation is 1. The second-order valence-corrected chi connectivity index (χ2v) is 6.98. The number of carbonyl (C=O) groups excluding carboxylic acids is 1. The zero-order valence-electron chi connectivity index (χ0n) is 15.3. The van der Waals surface area contributed by atoms with E-state index in [2.05, 4.69) is 22.6 Å². The van der Waals surface area contributed by atoms with Crippen molar-refractivity contribution in [3.8, 4) is 5.75 Å². The number of carbonyl (C=O) groups is 1. The summed E-state index contributed by atoms with van der Waals surface area (Å²) in [6.07, 6.45) is 4.34. The molecule has 2 aromatic carbocycles. The minimum Gasteiger partial charge on any atom is -0.496 e. The molecule has 1 aliphatic rings. The van der Waals surface area contributed by atoms with E-state index in [9.17, 15) is 4.79 Å². The Morgan fingerprint density at radius 1 is 1.19 bits per heavy atom. The number of benzene rings is 2. The van der Waals surface area contributed by atoms with E-state index < -0.39 is 0 Å². The molecular weight excluding hydrogens is 340 g/mol. The number of hydrogen-bond donors (Lipinski definition) is 1. The highest BCUT2D eigenvalue weighted by molar-refractivity contribution is 5.97. The molecule has 1 heterocycles. The molecule has 0 spiro atoms. The van der Waals surface area contributed by atoms with Crippen LogP contribution in [-0.4, -0.2) is 24.7 Å². The minimum absolute atomic E-state index is 0.133. The largest absolute Gasteiger partial charge is 0.496 e.